The molecule has 0 aliphatic carbocycles. The van der Waals surface area contributed by atoms with Gasteiger partial charge >= 0.3 is 5.97 Å². The van der Waals surface area contributed by atoms with E-state index in [9.17, 15) is 9.59 Å². The summed E-state index contributed by atoms with van der Waals surface area (Å²) in [7, 11) is 0. The Kier molecular flexibility index (Phi) is 5.52. The molecule has 0 saturated heterocycles. The highest BCUT2D eigenvalue weighted by molar-refractivity contribution is 5.91. The van der Waals surface area contributed by atoms with Crippen molar-refractivity contribution in [2.75, 3.05) is 6.54 Å². The van der Waals surface area contributed by atoms with Crippen LogP contribution in [-0.2, 0) is 11.2 Å². The van der Waals surface area contributed by atoms with Gasteiger partial charge < -0.3 is 10.4 Å². The number of aromatic carboxylic acids is 1. The van der Waals surface area contributed by atoms with E-state index < -0.39 is 5.97 Å². The van der Waals surface area contributed by atoms with E-state index in [2.05, 4.69) is 36.5 Å². The SMILES string of the molecule is Cc1ccc(C(C)CNC(=O)Cc2ccccc2C(=O)O)cc1. The molecule has 0 aliphatic rings. The number of carbonyl (C=O) groups excluding carboxylic acids is 1. The average molecular weight is 311 g/mol. The van der Waals surface area contributed by atoms with Crippen LogP contribution in [-0.4, -0.2) is 23.5 Å². The molecule has 0 radical (unpaired) electrons. The van der Waals surface area contributed by atoms with Crippen molar-refractivity contribution in [1.29, 1.82) is 0 Å². The summed E-state index contributed by atoms with van der Waals surface area (Å²) < 4.78 is 0. The minimum Gasteiger partial charge on any atom is -0.478 e. The Morgan fingerprint density at radius 1 is 1.09 bits per heavy atom. The van der Waals surface area contributed by atoms with E-state index in [-0.39, 0.29) is 23.8 Å². The smallest absolute Gasteiger partial charge is 0.335 e. The zero-order valence-corrected chi connectivity index (χ0v) is 13.4. The monoisotopic (exact) mass is 311 g/mol. The maximum Gasteiger partial charge on any atom is 0.335 e. The van der Waals surface area contributed by atoms with Crippen LogP contribution in [0.15, 0.2) is 48.5 Å². The Morgan fingerprint density at radius 3 is 2.39 bits per heavy atom. The fourth-order valence-electron chi connectivity index (χ4n) is 2.40. The molecule has 1 atom stereocenters. The van der Waals surface area contributed by atoms with Crippen LogP contribution in [0.1, 0.15) is 39.9 Å². The number of carbonyl (C=O) groups is 2. The van der Waals surface area contributed by atoms with Gasteiger partial charge in [0, 0.05) is 6.54 Å². The highest BCUT2D eigenvalue weighted by Gasteiger charge is 2.13. The van der Waals surface area contributed by atoms with Gasteiger partial charge in [-0.25, -0.2) is 4.79 Å². The van der Waals surface area contributed by atoms with E-state index in [1.165, 1.54) is 17.2 Å². The predicted octanol–water partition coefficient (Wildman–Crippen LogP) is 3.16. The van der Waals surface area contributed by atoms with Gasteiger partial charge in [0.25, 0.3) is 0 Å². The summed E-state index contributed by atoms with van der Waals surface area (Å²) >= 11 is 0. The first-order valence-corrected chi connectivity index (χ1v) is 7.62. The molecule has 2 aromatic carbocycles. The summed E-state index contributed by atoms with van der Waals surface area (Å²) in [6.07, 6.45) is 0.0725. The number of carboxylic acids is 1. The summed E-state index contributed by atoms with van der Waals surface area (Å²) in [4.78, 5) is 23.2. The molecule has 4 nitrogen and oxygen atoms in total. The van der Waals surface area contributed by atoms with E-state index >= 15 is 0 Å². The van der Waals surface area contributed by atoms with Gasteiger partial charge in [-0.15, -0.1) is 0 Å². The van der Waals surface area contributed by atoms with Crippen molar-refractivity contribution in [3.63, 3.8) is 0 Å². The van der Waals surface area contributed by atoms with Gasteiger partial charge in [-0.3, -0.25) is 4.79 Å². The molecule has 0 heterocycles. The maximum atomic E-state index is 12.1. The van der Waals surface area contributed by atoms with E-state index in [0.717, 1.165) is 0 Å². The Balaban J connectivity index is 1.93. The van der Waals surface area contributed by atoms with Crippen molar-refractivity contribution >= 4 is 11.9 Å². The fourth-order valence-corrected chi connectivity index (χ4v) is 2.40. The van der Waals surface area contributed by atoms with Crippen LogP contribution in [0.25, 0.3) is 0 Å². The number of rotatable bonds is 6. The lowest BCUT2D eigenvalue weighted by Gasteiger charge is -2.14. The molecule has 0 bridgehead atoms. The van der Waals surface area contributed by atoms with Crippen molar-refractivity contribution in [2.45, 2.75) is 26.2 Å². The van der Waals surface area contributed by atoms with Crippen molar-refractivity contribution in [1.82, 2.24) is 5.32 Å². The second-order valence-electron chi connectivity index (χ2n) is 5.75. The van der Waals surface area contributed by atoms with Gasteiger partial charge in [0.05, 0.1) is 12.0 Å². The Hall–Kier alpha value is -2.62. The second kappa shape index (κ2) is 7.58. The zero-order valence-electron chi connectivity index (χ0n) is 13.4. The minimum absolute atomic E-state index is 0.0725. The molecule has 120 valence electrons. The molecule has 23 heavy (non-hydrogen) atoms. The largest absolute Gasteiger partial charge is 0.478 e. The number of carboxylic acid groups (broad SMARTS) is 1. The van der Waals surface area contributed by atoms with Crippen molar-refractivity contribution in [2.24, 2.45) is 0 Å². The molecule has 2 aromatic rings. The number of amides is 1. The lowest BCUT2D eigenvalue weighted by Crippen LogP contribution is -2.29. The molecule has 4 heteroatoms. The average Bonchev–Trinajstić information content (AvgIpc) is 2.53. The number of benzene rings is 2. The van der Waals surface area contributed by atoms with Crippen LogP contribution in [0.2, 0.25) is 0 Å². The summed E-state index contributed by atoms with van der Waals surface area (Å²) in [5.74, 6) is -0.978. The molecule has 2 N–H and O–H groups in total. The summed E-state index contributed by atoms with van der Waals surface area (Å²) in [5, 5.41) is 12.0. The van der Waals surface area contributed by atoms with Crippen LogP contribution >= 0.6 is 0 Å². The van der Waals surface area contributed by atoms with Crippen molar-refractivity contribution < 1.29 is 14.7 Å². The molecular formula is C19H21NO3. The number of aryl methyl sites for hydroxylation is 1. The second-order valence-corrected chi connectivity index (χ2v) is 5.75. The molecule has 0 aliphatic heterocycles. The third-order valence-electron chi connectivity index (χ3n) is 3.85. The van der Waals surface area contributed by atoms with Gasteiger partial charge in [0.2, 0.25) is 5.91 Å². The highest BCUT2D eigenvalue weighted by atomic mass is 16.4. The third-order valence-corrected chi connectivity index (χ3v) is 3.85. The van der Waals surface area contributed by atoms with Crippen LogP contribution in [0.4, 0.5) is 0 Å². The molecule has 0 spiro atoms. The van der Waals surface area contributed by atoms with E-state index in [4.69, 9.17) is 5.11 Å². The normalized spacial score (nSPS) is 11.7. The standard InChI is InChI=1S/C19H21NO3/c1-13-7-9-15(10-8-13)14(2)12-20-18(21)11-16-5-3-4-6-17(16)19(22)23/h3-10,14H,11-12H2,1-2H3,(H,20,21)(H,22,23). The van der Waals surface area contributed by atoms with Crippen LogP contribution < -0.4 is 5.32 Å². The van der Waals surface area contributed by atoms with Gasteiger partial charge in [0.1, 0.15) is 0 Å². The van der Waals surface area contributed by atoms with Gasteiger partial charge in [-0.1, -0.05) is 55.0 Å². The molecule has 0 aromatic heterocycles. The Labute approximate surface area is 136 Å². The van der Waals surface area contributed by atoms with Crippen molar-refractivity contribution in [3.8, 4) is 0 Å². The highest BCUT2D eigenvalue weighted by Crippen LogP contribution is 2.15. The zero-order chi connectivity index (χ0) is 16.8. The summed E-state index contributed by atoms with van der Waals surface area (Å²) in [6.45, 7) is 4.61. The van der Waals surface area contributed by atoms with Gasteiger partial charge in [-0.2, -0.15) is 0 Å². The molecule has 0 fully saturated rings. The molecule has 0 saturated carbocycles. The Bertz CT molecular complexity index is 692. The fraction of sp³-hybridized carbons (Fsp3) is 0.263. The topological polar surface area (TPSA) is 66.4 Å². The van der Waals surface area contributed by atoms with Crippen LogP contribution in [0.5, 0.6) is 0 Å². The first kappa shape index (κ1) is 16.7. The Morgan fingerprint density at radius 2 is 1.74 bits per heavy atom. The van der Waals surface area contributed by atoms with Gasteiger partial charge in [0.15, 0.2) is 0 Å². The number of hydrogen-bond acceptors (Lipinski definition) is 2. The van der Waals surface area contributed by atoms with Crippen LogP contribution in [0, 0.1) is 6.92 Å². The maximum absolute atomic E-state index is 12.1. The first-order chi connectivity index (χ1) is 11.0. The predicted molar refractivity (Wildman–Crippen MR) is 89.7 cm³/mol. The summed E-state index contributed by atoms with van der Waals surface area (Å²) in [6, 6.07) is 14.8. The van der Waals surface area contributed by atoms with E-state index in [0.29, 0.717) is 12.1 Å². The third kappa shape index (κ3) is 4.68. The number of nitrogens with one attached hydrogen (secondary N) is 1. The van der Waals surface area contributed by atoms with Crippen molar-refractivity contribution in [3.05, 3.63) is 70.8 Å². The quantitative estimate of drug-likeness (QED) is 0.861. The molecule has 1 amide bonds. The van der Waals surface area contributed by atoms with Gasteiger partial charge in [-0.05, 0) is 30.0 Å². The lowest BCUT2D eigenvalue weighted by molar-refractivity contribution is -0.120. The van der Waals surface area contributed by atoms with E-state index in [1.54, 1.807) is 18.2 Å². The first-order valence-electron chi connectivity index (χ1n) is 7.62. The minimum atomic E-state index is -1.01. The van der Waals surface area contributed by atoms with E-state index in [1.807, 2.05) is 6.92 Å². The molecular weight excluding hydrogens is 290 g/mol. The molecule has 1 unspecified atom stereocenters. The molecule has 2 rings (SSSR count). The van der Waals surface area contributed by atoms with Crippen LogP contribution in [0.3, 0.4) is 0 Å². The summed E-state index contributed by atoms with van der Waals surface area (Å²) in [5.41, 5.74) is 3.08. The number of hydrogen-bond donors (Lipinski definition) is 2. The lowest BCUT2D eigenvalue weighted by atomic mass is 9.99.